The van der Waals surface area contributed by atoms with E-state index in [4.69, 9.17) is 9.47 Å². The van der Waals surface area contributed by atoms with E-state index in [1.165, 1.54) is 16.7 Å². The molecule has 2 aliphatic rings. The molecule has 0 fully saturated rings. The lowest BCUT2D eigenvalue weighted by molar-refractivity contribution is 0.266. The number of rotatable bonds is 2. The highest BCUT2D eigenvalue weighted by Crippen LogP contribution is 2.46. The zero-order valence-corrected chi connectivity index (χ0v) is 13.3. The maximum Gasteiger partial charge on any atom is 0.122 e. The van der Waals surface area contributed by atoms with Crippen molar-refractivity contribution in [1.29, 1.82) is 0 Å². The number of ether oxygens (including phenoxy) is 2. The minimum atomic E-state index is 0.313. The Morgan fingerprint density at radius 1 is 1.00 bits per heavy atom. The van der Waals surface area contributed by atoms with Crippen molar-refractivity contribution < 1.29 is 9.47 Å². The second-order valence-corrected chi connectivity index (χ2v) is 6.64. The first-order valence-corrected chi connectivity index (χ1v) is 8.36. The molecule has 0 aliphatic carbocycles. The van der Waals surface area contributed by atoms with Crippen LogP contribution in [0.1, 0.15) is 33.9 Å². The van der Waals surface area contributed by atoms with E-state index in [1.807, 2.05) is 6.07 Å². The fraction of sp³-hybridized carbons (Fsp3) is 0.333. The van der Waals surface area contributed by atoms with Gasteiger partial charge in [-0.05, 0) is 35.2 Å². The normalized spacial score (nSPS) is 20.9. The largest absolute Gasteiger partial charge is 0.493 e. The molecule has 0 spiro atoms. The van der Waals surface area contributed by atoms with Crippen LogP contribution >= 0.6 is 15.9 Å². The first-order valence-electron chi connectivity index (χ1n) is 7.44. The number of benzene rings is 2. The van der Waals surface area contributed by atoms with Crippen LogP contribution in [-0.2, 0) is 6.42 Å². The Kier molecular flexibility index (Phi) is 3.38. The SMILES string of the molecule is BrC(c1ccc2c(c1)CCO2)C1CCOc2ccccc21. The summed E-state index contributed by atoms with van der Waals surface area (Å²) in [5.41, 5.74) is 3.97. The van der Waals surface area contributed by atoms with Crippen LogP contribution in [0.25, 0.3) is 0 Å². The highest BCUT2D eigenvalue weighted by atomic mass is 79.9. The molecule has 3 heteroatoms. The monoisotopic (exact) mass is 344 g/mol. The lowest BCUT2D eigenvalue weighted by atomic mass is 9.87. The minimum Gasteiger partial charge on any atom is -0.493 e. The van der Waals surface area contributed by atoms with E-state index in [9.17, 15) is 0 Å². The van der Waals surface area contributed by atoms with Crippen molar-refractivity contribution in [2.45, 2.75) is 23.6 Å². The molecule has 0 amide bonds. The number of fused-ring (bicyclic) bond motifs is 2. The van der Waals surface area contributed by atoms with E-state index in [2.05, 4.69) is 52.3 Å². The fourth-order valence-electron chi connectivity index (χ4n) is 3.28. The summed E-state index contributed by atoms with van der Waals surface area (Å²) < 4.78 is 11.4. The lowest BCUT2D eigenvalue weighted by Crippen LogP contribution is -2.17. The van der Waals surface area contributed by atoms with Crippen molar-refractivity contribution in [3.8, 4) is 11.5 Å². The Hall–Kier alpha value is -1.48. The summed E-state index contributed by atoms with van der Waals surface area (Å²) in [6, 6.07) is 15.0. The number of hydrogen-bond acceptors (Lipinski definition) is 2. The van der Waals surface area contributed by atoms with E-state index in [0.29, 0.717) is 10.7 Å². The van der Waals surface area contributed by atoms with Gasteiger partial charge in [-0.15, -0.1) is 0 Å². The predicted molar refractivity (Wildman–Crippen MR) is 86.6 cm³/mol. The van der Waals surface area contributed by atoms with Crippen molar-refractivity contribution in [2.24, 2.45) is 0 Å². The summed E-state index contributed by atoms with van der Waals surface area (Å²) in [6.45, 7) is 1.60. The van der Waals surface area contributed by atoms with Gasteiger partial charge in [0.25, 0.3) is 0 Å². The third-order valence-corrected chi connectivity index (χ3v) is 5.56. The zero-order valence-electron chi connectivity index (χ0n) is 11.7. The Labute approximate surface area is 133 Å². The van der Waals surface area contributed by atoms with Gasteiger partial charge in [-0.3, -0.25) is 0 Å². The molecule has 0 aromatic heterocycles. The van der Waals surface area contributed by atoms with Gasteiger partial charge in [0.05, 0.1) is 13.2 Å². The zero-order chi connectivity index (χ0) is 14.2. The molecular weight excluding hydrogens is 328 g/mol. The molecule has 2 aromatic carbocycles. The molecule has 2 nitrogen and oxygen atoms in total. The molecule has 0 radical (unpaired) electrons. The Morgan fingerprint density at radius 2 is 1.86 bits per heavy atom. The average molecular weight is 345 g/mol. The van der Waals surface area contributed by atoms with Crippen LogP contribution in [0.15, 0.2) is 42.5 Å². The Morgan fingerprint density at radius 3 is 2.81 bits per heavy atom. The van der Waals surface area contributed by atoms with E-state index in [0.717, 1.165) is 37.6 Å². The third-order valence-electron chi connectivity index (χ3n) is 4.39. The first-order chi connectivity index (χ1) is 10.3. The van der Waals surface area contributed by atoms with Crippen LogP contribution in [0.3, 0.4) is 0 Å². The Balaban J connectivity index is 1.68. The van der Waals surface area contributed by atoms with Gasteiger partial charge in [0.1, 0.15) is 11.5 Å². The molecule has 2 heterocycles. The molecule has 0 saturated carbocycles. The molecule has 2 aliphatic heterocycles. The van der Waals surface area contributed by atoms with Crippen molar-refractivity contribution >= 4 is 15.9 Å². The summed E-state index contributed by atoms with van der Waals surface area (Å²) >= 11 is 3.93. The highest BCUT2D eigenvalue weighted by Gasteiger charge is 2.29. The van der Waals surface area contributed by atoms with Crippen molar-refractivity contribution in [3.05, 3.63) is 59.2 Å². The number of halogens is 1. The average Bonchev–Trinajstić information content (AvgIpc) is 3.01. The standard InChI is InChI=1S/C18H17BrO2/c19-18(13-5-6-16-12(11-13)7-9-20-16)15-8-10-21-17-4-2-1-3-14(15)17/h1-6,11,15,18H,7-10H2. The van der Waals surface area contributed by atoms with Gasteiger partial charge in [-0.2, -0.15) is 0 Å². The lowest BCUT2D eigenvalue weighted by Gasteiger charge is -2.29. The van der Waals surface area contributed by atoms with Crippen LogP contribution in [0, 0.1) is 0 Å². The van der Waals surface area contributed by atoms with Gasteiger partial charge in [0.2, 0.25) is 0 Å². The van der Waals surface area contributed by atoms with Gasteiger partial charge in [0, 0.05) is 17.2 Å². The van der Waals surface area contributed by atoms with Gasteiger partial charge < -0.3 is 9.47 Å². The highest BCUT2D eigenvalue weighted by molar-refractivity contribution is 9.09. The molecule has 0 N–H and O–H groups in total. The third kappa shape index (κ3) is 2.34. The topological polar surface area (TPSA) is 18.5 Å². The Bertz CT molecular complexity index is 668. The van der Waals surface area contributed by atoms with E-state index >= 15 is 0 Å². The number of alkyl halides is 1. The molecule has 108 valence electrons. The summed E-state index contributed by atoms with van der Waals surface area (Å²) in [5.74, 6) is 2.53. The van der Waals surface area contributed by atoms with Gasteiger partial charge in [-0.1, -0.05) is 46.3 Å². The van der Waals surface area contributed by atoms with Crippen molar-refractivity contribution in [3.63, 3.8) is 0 Å². The molecule has 2 aromatic rings. The fourth-order valence-corrected chi connectivity index (χ4v) is 4.12. The summed E-state index contributed by atoms with van der Waals surface area (Å²) in [4.78, 5) is 0.313. The summed E-state index contributed by atoms with van der Waals surface area (Å²) in [6.07, 6.45) is 2.06. The van der Waals surface area contributed by atoms with Crippen LogP contribution in [0.5, 0.6) is 11.5 Å². The van der Waals surface area contributed by atoms with Gasteiger partial charge in [-0.25, -0.2) is 0 Å². The van der Waals surface area contributed by atoms with Crippen LogP contribution in [-0.4, -0.2) is 13.2 Å². The maximum atomic E-state index is 5.77. The minimum absolute atomic E-state index is 0.313. The van der Waals surface area contributed by atoms with E-state index < -0.39 is 0 Å². The maximum absolute atomic E-state index is 5.77. The molecule has 2 unspecified atom stereocenters. The quantitative estimate of drug-likeness (QED) is 0.739. The number of para-hydroxylation sites is 1. The predicted octanol–water partition coefficient (Wildman–Crippen LogP) is 4.62. The second kappa shape index (κ2) is 5.38. The van der Waals surface area contributed by atoms with E-state index in [1.54, 1.807) is 0 Å². The van der Waals surface area contributed by atoms with Gasteiger partial charge >= 0.3 is 0 Å². The van der Waals surface area contributed by atoms with Crippen LogP contribution < -0.4 is 9.47 Å². The van der Waals surface area contributed by atoms with Crippen molar-refractivity contribution in [2.75, 3.05) is 13.2 Å². The summed E-state index contributed by atoms with van der Waals surface area (Å²) in [5, 5.41) is 0. The molecular formula is C18H17BrO2. The van der Waals surface area contributed by atoms with Gasteiger partial charge in [0.15, 0.2) is 0 Å². The van der Waals surface area contributed by atoms with Crippen LogP contribution in [0.2, 0.25) is 0 Å². The first kappa shape index (κ1) is 13.2. The smallest absolute Gasteiger partial charge is 0.122 e. The number of hydrogen-bond donors (Lipinski definition) is 0. The second-order valence-electron chi connectivity index (χ2n) is 5.65. The summed E-state index contributed by atoms with van der Waals surface area (Å²) in [7, 11) is 0. The molecule has 2 atom stereocenters. The molecule has 21 heavy (non-hydrogen) atoms. The molecule has 0 bridgehead atoms. The molecule has 0 saturated heterocycles. The van der Waals surface area contributed by atoms with Crippen molar-refractivity contribution in [1.82, 2.24) is 0 Å². The van der Waals surface area contributed by atoms with Crippen LogP contribution in [0.4, 0.5) is 0 Å². The molecule has 4 rings (SSSR count). The van der Waals surface area contributed by atoms with E-state index in [-0.39, 0.29) is 0 Å².